The number of rotatable bonds is 2. The van der Waals surface area contributed by atoms with Crippen molar-refractivity contribution >= 4 is 11.6 Å². The summed E-state index contributed by atoms with van der Waals surface area (Å²) in [5.41, 5.74) is 3.18. The van der Waals surface area contributed by atoms with Gasteiger partial charge in [0.15, 0.2) is 0 Å². The molecular formula is C18H19NO2. The molecule has 1 aromatic rings. The maximum atomic E-state index is 12.4. The Hall–Kier alpha value is -2.13. The van der Waals surface area contributed by atoms with E-state index in [9.17, 15) is 4.79 Å². The number of hydrogen-bond acceptors (Lipinski definition) is 2. The van der Waals surface area contributed by atoms with Gasteiger partial charge in [0.05, 0.1) is 18.6 Å². The monoisotopic (exact) mass is 281 g/mol. The molecule has 1 aromatic carbocycles. The first kappa shape index (κ1) is 13.8. The van der Waals surface area contributed by atoms with Crippen molar-refractivity contribution in [3.05, 3.63) is 65.8 Å². The number of benzene rings is 1. The van der Waals surface area contributed by atoms with Gasteiger partial charge in [-0.05, 0) is 31.1 Å². The highest BCUT2D eigenvalue weighted by molar-refractivity contribution is 5.93. The fourth-order valence-corrected chi connectivity index (χ4v) is 2.59. The van der Waals surface area contributed by atoms with Gasteiger partial charge in [-0.1, -0.05) is 48.1 Å². The highest BCUT2D eigenvalue weighted by Crippen LogP contribution is 2.27. The lowest BCUT2D eigenvalue weighted by atomic mass is 9.92. The Morgan fingerprint density at radius 2 is 2.00 bits per heavy atom. The van der Waals surface area contributed by atoms with E-state index in [1.165, 1.54) is 5.56 Å². The van der Waals surface area contributed by atoms with Crippen molar-refractivity contribution in [2.24, 2.45) is 5.92 Å². The third-order valence-electron chi connectivity index (χ3n) is 3.83. The third-order valence-corrected chi connectivity index (χ3v) is 3.83. The fourth-order valence-electron chi connectivity index (χ4n) is 2.59. The van der Waals surface area contributed by atoms with Crippen LogP contribution in [0.1, 0.15) is 12.0 Å². The Morgan fingerprint density at radius 3 is 2.81 bits per heavy atom. The SMILES string of the molecule is Cc1ccc(NC(=O)C2COC3C=CC=CC=C3C2)cc1. The van der Waals surface area contributed by atoms with Crippen LogP contribution in [0.4, 0.5) is 5.69 Å². The molecule has 1 fully saturated rings. The number of ether oxygens (including phenoxy) is 1. The molecule has 1 saturated heterocycles. The molecular weight excluding hydrogens is 262 g/mol. The van der Waals surface area contributed by atoms with E-state index in [0.717, 1.165) is 17.7 Å². The van der Waals surface area contributed by atoms with E-state index in [2.05, 4.69) is 11.4 Å². The van der Waals surface area contributed by atoms with Gasteiger partial charge in [-0.3, -0.25) is 4.79 Å². The summed E-state index contributed by atoms with van der Waals surface area (Å²) in [5, 5.41) is 2.97. The summed E-state index contributed by atoms with van der Waals surface area (Å²) in [4.78, 5) is 12.4. The zero-order valence-electron chi connectivity index (χ0n) is 12.1. The maximum absolute atomic E-state index is 12.4. The molecule has 0 bridgehead atoms. The van der Waals surface area contributed by atoms with Gasteiger partial charge in [-0.15, -0.1) is 0 Å². The summed E-state index contributed by atoms with van der Waals surface area (Å²) in [6.07, 6.45) is 10.8. The third kappa shape index (κ3) is 3.31. The Bertz CT molecular complexity index is 611. The van der Waals surface area contributed by atoms with Crippen molar-refractivity contribution < 1.29 is 9.53 Å². The Labute approximate surface area is 125 Å². The van der Waals surface area contributed by atoms with Crippen LogP contribution in [0.25, 0.3) is 0 Å². The number of aryl methyl sites for hydroxylation is 1. The molecule has 21 heavy (non-hydrogen) atoms. The van der Waals surface area contributed by atoms with Gasteiger partial charge in [0, 0.05) is 5.69 Å². The summed E-state index contributed by atoms with van der Waals surface area (Å²) in [6, 6.07) is 7.84. The molecule has 1 heterocycles. The number of carbonyl (C=O) groups is 1. The molecule has 1 amide bonds. The lowest BCUT2D eigenvalue weighted by Crippen LogP contribution is -2.34. The van der Waals surface area contributed by atoms with Crippen molar-refractivity contribution in [1.29, 1.82) is 0 Å². The minimum absolute atomic E-state index is 0.0171. The lowest BCUT2D eigenvalue weighted by molar-refractivity contribution is -0.123. The van der Waals surface area contributed by atoms with E-state index in [4.69, 9.17) is 4.74 Å². The van der Waals surface area contributed by atoms with Gasteiger partial charge in [-0.2, -0.15) is 0 Å². The van der Waals surface area contributed by atoms with Gasteiger partial charge >= 0.3 is 0 Å². The molecule has 3 nitrogen and oxygen atoms in total. The van der Waals surface area contributed by atoms with E-state index >= 15 is 0 Å². The predicted molar refractivity (Wildman–Crippen MR) is 84.0 cm³/mol. The van der Waals surface area contributed by atoms with Crippen LogP contribution in [0.2, 0.25) is 0 Å². The highest BCUT2D eigenvalue weighted by atomic mass is 16.5. The predicted octanol–water partition coefficient (Wildman–Crippen LogP) is 3.39. The number of allylic oxidation sites excluding steroid dienone is 4. The van der Waals surface area contributed by atoms with Crippen LogP contribution in [0.3, 0.4) is 0 Å². The summed E-state index contributed by atoms with van der Waals surface area (Å²) < 4.78 is 5.80. The molecule has 0 radical (unpaired) electrons. The van der Waals surface area contributed by atoms with Crippen molar-refractivity contribution in [2.45, 2.75) is 19.4 Å². The number of nitrogens with one attached hydrogen (secondary N) is 1. The Morgan fingerprint density at radius 1 is 1.19 bits per heavy atom. The average Bonchev–Trinajstić information content (AvgIpc) is 2.74. The molecule has 108 valence electrons. The number of anilines is 1. The molecule has 1 aliphatic carbocycles. The number of fused-ring (bicyclic) bond motifs is 1. The summed E-state index contributed by atoms with van der Waals surface area (Å²) in [6.45, 7) is 2.49. The molecule has 1 aliphatic heterocycles. The van der Waals surface area contributed by atoms with Crippen molar-refractivity contribution in [1.82, 2.24) is 0 Å². The number of hydrogen-bond donors (Lipinski definition) is 1. The molecule has 2 aliphatic rings. The van der Waals surface area contributed by atoms with E-state index in [-0.39, 0.29) is 17.9 Å². The van der Waals surface area contributed by atoms with Crippen molar-refractivity contribution in [3.8, 4) is 0 Å². The first-order chi connectivity index (χ1) is 10.2. The number of carbonyl (C=O) groups excluding carboxylic acids is 1. The topological polar surface area (TPSA) is 38.3 Å². The van der Waals surface area contributed by atoms with Gasteiger partial charge in [0.2, 0.25) is 5.91 Å². The van der Waals surface area contributed by atoms with Crippen LogP contribution in [0.5, 0.6) is 0 Å². The van der Waals surface area contributed by atoms with Crippen LogP contribution in [-0.2, 0) is 9.53 Å². The number of amides is 1. The second-order valence-electron chi connectivity index (χ2n) is 5.52. The normalized spacial score (nSPS) is 24.0. The minimum Gasteiger partial charge on any atom is -0.369 e. The smallest absolute Gasteiger partial charge is 0.230 e. The van der Waals surface area contributed by atoms with Crippen LogP contribution in [0, 0.1) is 12.8 Å². The molecule has 0 aromatic heterocycles. The van der Waals surface area contributed by atoms with Crippen LogP contribution in [-0.4, -0.2) is 18.6 Å². The van der Waals surface area contributed by atoms with Crippen molar-refractivity contribution in [2.75, 3.05) is 11.9 Å². The zero-order chi connectivity index (χ0) is 14.7. The van der Waals surface area contributed by atoms with Gasteiger partial charge in [0.1, 0.15) is 0 Å². The average molecular weight is 281 g/mol. The maximum Gasteiger partial charge on any atom is 0.230 e. The molecule has 0 saturated carbocycles. The highest BCUT2D eigenvalue weighted by Gasteiger charge is 2.29. The first-order valence-electron chi connectivity index (χ1n) is 7.25. The van der Waals surface area contributed by atoms with Gasteiger partial charge in [-0.25, -0.2) is 0 Å². The Balaban J connectivity index is 1.66. The summed E-state index contributed by atoms with van der Waals surface area (Å²) in [5.74, 6) is -0.107. The van der Waals surface area contributed by atoms with E-state index < -0.39 is 0 Å². The van der Waals surface area contributed by atoms with Crippen LogP contribution in [0.15, 0.2) is 60.2 Å². The second kappa shape index (κ2) is 6.10. The summed E-state index contributed by atoms with van der Waals surface area (Å²) >= 11 is 0. The second-order valence-corrected chi connectivity index (χ2v) is 5.52. The van der Waals surface area contributed by atoms with Gasteiger partial charge < -0.3 is 10.1 Å². The molecule has 3 heteroatoms. The molecule has 0 spiro atoms. The molecule has 2 unspecified atom stereocenters. The van der Waals surface area contributed by atoms with Crippen LogP contribution < -0.4 is 5.32 Å². The molecule has 2 atom stereocenters. The lowest BCUT2D eigenvalue weighted by Gasteiger charge is -2.29. The van der Waals surface area contributed by atoms with E-state index in [0.29, 0.717) is 6.61 Å². The quantitative estimate of drug-likeness (QED) is 0.902. The minimum atomic E-state index is -0.131. The fraction of sp³-hybridized carbons (Fsp3) is 0.278. The molecule has 3 rings (SSSR count). The standard InChI is InChI=1S/C18H19NO2/c1-13-7-9-16(10-8-13)19-18(20)15-11-14-5-3-2-4-6-17(14)21-12-15/h2-10,15,17H,11-12H2,1H3,(H,19,20). The largest absolute Gasteiger partial charge is 0.369 e. The summed E-state index contributed by atoms with van der Waals surface area (Å²) in [7, 11) is 0. The van der Waals surface area contributed by atoms with Gasteiger partial charge in [0.25, 0.3) is 0 Å². The van der Waals surface area contributed by atoms with Crippen molar-refractivity contribution in [3.63, 3.8) is 0 Å². The molecule has 1 N–H and O–H groups in total. The zero-order valence-corrected chi connectivity index (χ0v) is 12.1. The van der Waals surface area contributed by atoms with Crippen LogP contribution >= 0.6 is 0 Å². The van der Waals surface area contributed by atoms with E-state index in [1.54, 1.807) is 0 Å². The van der Waals surface area contributed by atoms with E-state index in [1.807, 2.05) is 55.5 Å². The first-order valence-corrected chi connectivity index (χ1v) is 7.25. The Kier molecular flexibility index (Phi) is 4.02.